The summed E-state index contributed by atoms with van der Waals surface area (Å²) in [6, 6.07) is 27.0. The van der Waals surface area contributed by atoms with Gasteiger partial charge in [0.05, 0.1) is 7.11 Å². The maximum Gasteiger partial charge on any atom is 0.142 e. The van der Waals surface area contributed by atoms with E-state index in [1.54, 1.807) is 19.2 Å². The fraction of sp³-hybridized carbons (Fsp3) is 0.0435. The van der Waals surface area contributed by atoms with Gasteiger partial charge in [0.15, 0.2) is 0 Å². The predicted molar refractivity (Wildman–Crippen MR) is 103 cm³/mol. The summed E-state index contributed by atoms with van der Waals surface area (Å²) in [5.74, 6) is 2.61. The molecule has 3 nitrogen and oxygen atoms in total. The number of ether oxygens (including phenoxy) is 1. The van der Waals surface area contributed by atoms with Crippen molar-refractivity contribution < 1.29 is 14.3 Å². The first kappa shape index (κ1) is 16.0. The zero-order valence-electron chi connectivity index (χ0n) is 14.3. The van der Waals surface area contributed by atoms with Crippen LogP contribution >= 0.6 is 0 Å². The normalized spacial score (nSPS) is 10.7. The molecule has 0 aliphatic rings. The van der Waals surface area contributed by atoms with Crippen molar-refractivity contribution in [2.45, 2.75) is 0 Å². The summed E-state index contributed by atoms with van der Waals surface area (Å²) in [7, 11) is 1.65. The van der Waals surface area contributed by atoms with Crippen LogP contribution in [0.1, 0.15) is 0 Å². The van der Waals surface area contributed by atoms with Crippen LogP contribution in [-0.4, -0.2) is 12.2 Å². The number of rotatable bonds is 4. The van der Waals surface area contributed by atoms with E-state index in [2.05, 4.69) is 18.2 Å². The van der Waals surface area contributed by atoms with E-state index in [4.69, 9.17) is 9.15 Å². The molecule has 0 saturated heterocycles. The van der Waals surface area contributed by atoms with Crippen molar-refractivity contribution in [3.8, 4) is 45.3 Å². The van der Waals surface area contributed by atoms with Crippen LogP contribution in [0, 0.1) is 0 Å². The Hall–Kier alpha value is -3.46. The van der Waals surface area contributed by atoms with E-state index in [1.807, 2.05) is 54.6 Å². The molecule has 26 heavy (non-hydrogen) atoms. The zero-order chi connectivity index (χ0) is 17.9. The smallest absolute Gasteiger partial charge is 0.142 e. The lowest BCUT2D eigenvalue weighted by Gasteiger charge is -2.03. The Morgan fingerprint density at radius 3 is 2.04 bits per heavy atom. The molecule has 1 heterocycles. The van der Waals surface area contributed by atoms with E-state index < -0.39 is 0 Å². The molecular formula is C23H18O3. The first-order valence-electron chi connectivity index (χ1n) is 8.37. The first-order chi connectivity index (χ1) is 12.7. The van der Waals surface area contributed by atoms with E-state index in [9.17, 15) is 5.11 Å². The van der Waals surface area contributed by atoms with Gasteiger partial charge in [0, 0.05) is 16.7 Å². The lowest BCUT2D eigenvalue weighted by Crippen LogP contribution is -1.81. The van der Waals surface area contributed by atoms with E-state index in [1.165, 1.54) is 0 Å². The summed E-state index contributed by atoms with van der Waals surface area (Å²) in [5.41, 5.74) is 4.00. The van der Waals surface area contributed by atoms with Gasteiger partial charge < -0.3 is 14.3 Å². The number of methoxy groups -OCH3 is 1. The molecule has 0 atom stereocenters. The van der Waals surface area contributed by atoms with Gasteiger partial charge in [-0.05, 0) is 60.2 Å². The quantitative estimate of drug-likeness (QED) is 0.495. The van der Waals surface area contributed by atoms with Crippen molar-refractivity contribution >= 4 is 0 Å². The molecule has 1 aromatic heterocycles. The van der Waals surface area contributed by atoms with Crippen molar-refractivity contribution in [3.63, 3.8) is 0 Å². The van der Waals surface area contributed by atoms with E-state index in [0.717, 1.165) is 39.5 Å². The van der Waals surface area contributed by atoms with Crippen LogP contribution in [0.3, 0.4) is 0 Å². The summed E-state index contributed by atoms with van der Waals surface area (Å²) in [6.45, 7) is 0. The van der Waals surface area contributed by atoms with E-state index in [-0.39, 0.29) is 5.75 Å². The van der Waals surface area contributed by atoms with Crippen molar-refractivity contribution in [3.05, 3.63) is 84.9 Å². The molecule has 1 N–H and O–H groups in total. The van der Waals surface area contributed by atoms with Gasteiger partial charge in [0.25, 0.3) is 0 Å². The standard InChI is InChI=1S/C23H18O3/c1-25-20-13-9-17(10-14-20)22-15-21(16-5-3-2-4-6-16)23(26-22)18-7-11-19(24)12-8-18/h2-15,24H,1H3. The third kappa shape index (κ3) is 3.07. The molecule has 0 amide bonds. The van der Waals surface area contributed by atoms with Gasteiger partial charge in [-0.1, -0.05) is 30.3 Å². The largest absolute Gasteiger partial charge is 0.508 e. The number of benzene rings is 3. The number of aromatic hydroxyl groups is 1. The Balaban J connectivity index is 1.85. The average Bonchev–Trinajstić information content (AvgIpc) is 3.15. The third-order valence-corrected chi connectivity index (χ3v) is 4.32. The maximum atomic E-state index is 9.58. The number of hydrogen-bond donors (Lipinski definition) is 1. The highest BCUT2D eigenvalue weighted by Gasteiger charge is 2.16. The highest BCUT2D eigenvalue weighted by molar-refractivity contribution is 5.83. The molecule has 0 saturated carbocycles. The Morgan fingerprint density at radius 1 is 0.731 bits per heavy atom. The van der Waals surface area contributed by atoms with E-state index >= 15 is 0 Å². The van der Waals surface area contributed by atoms with Crippen LogP contribution in [-0.2, 0) is 0 Å². The van der Waals surface area contributed by atoms with Crippen LogP contribution in [0.25, 0.3) is 33.8 Å². The minimum absolute atomic E-state index is 0.233. The monoisotopic (exact) mass is 342 g/mol. The maximum absolute atomic E-state index is 9.58. The van der Waals surface area contributed by atoms with Crippen molar-refractivity contribution in [1.29, 1.82) is 0 Å². The summed E-state index contributed by atoms with van der Waals surface area (Å²) in [4.78, 5) is 0. The Morgan fingerprint density at radius 2 is 1.38 bits per heavy atom. The molecule has 4 rings (SSSR count). The second-order valence-corrected chi connectivity index (χ2v) is 5.99. The second kappa shape index (κ2) is 6.81. The zero-order valence-corrected chi connectivity index (χ0v) is 14.3. The molecule has 0 spiro atoms. The molecule has 0 unspecified atom stereocenters. The summed E-state index contributed by atoms with van der Waals surface area (Å²) >= 11 is 0. The first-order valence-corrected chi connectivity index (χ1v) is 8.37. The summed E-state index contributed by atoms with van der Waals surface area (Å²) in [5, 5.41) is 9.58. The molecule has 0 fully saturated rings. The van der Waals surface area contributed by atoms with E-state index in [0.29, 0.717) is 0 Å². The molecule has 3 aromatic carbocycles. The molecule has 128 valence electrons. The summed E-state index contributed by atoms with van der Waals surface area (Å²) in [6.07, 6.45) is 0. The third-order valence-electron chi connectivity index (χ3n) is 4.32. The van der Waals surface area contributed by atoms with Gasteiger partial charge in [0.2, 0.25) is 0 Å². The summed E-state index contributed by atoms with van der Waals surface area (Å²) < 4.78 is 11.5. The Kier molecular flexibility index (Phi) is 4.20. The molecule has 0 aliphatic heterocycles. The fourth-order valence-electron chi connectivity index (χ4n) is 2.95. The molecule has 0 bridgehead atoms. The van der Waals surface area contributed by atoms with Crippen LogP contribution in [0.2, 0.25) is 0 Å². The van der Waals surface area contributed by atoms with Gasteiger partial charge in [-0.15, -0.1) is 0 Å². The number of hydrogen-bond acceptors (Lipinski definition) is 3. The van der Waals surface area contributed by atoms with Gasteiger partial charge in [-0.3, -0.25) is 0 Å². The molecular weight excluding hydrogens is 324 g/mol. The highest BCUT2D eigenvalue weighted by atomic mass is 16.5. The minimum atomic E-state index is 0.233. The van der Waals surface area contributed by atoms with Crippen LogP contribution in [0.15, 0.2) is 89.3 Å². The van der Waals surface area contributed by atoms with Crippen molar-refractivity contribution in [2.24, 2.45) is 0 Å². The number of furan rings is 1. The lowest BCUT2D eigenvalue weighted by atomic mass is 10.0. The fourth-order valence-corrected chi connectivity index (χ4v) is 2.95. The Labute approximate surface area is 152 Å². The van der Waals surface area contributed by atoms with Crippen molar-refractivity contribution in [1.82, 2.24) is 0 Å². The van der Waals surface area contributed by atoms with Gasteiger partial charge >= 0.3 is 0 Å². The number of phenolic OH excluding ortho intramolecular Hbond substituents is 1. The molecule has 3 heteroatoms. The average molecular weight is 342 g/mol. The van der Waals surface area contributed by atoms with Gasteiger partial charge in [-0.2, -0.15) is 0 Å². The van der Waals surface area contributed by atoms with Gasteiger partial charge in [-0.25, -0.2) is 0 Å². The molecule has 0 aliphatic carbocycles. The van der Waals surface area contributed by atoms with Crippen LogP contribution < -0.4 is 4.74 Å². The van der Waals surface area contributed by atoms with Gasteiger partial charge in [0.1, 0.15) is 23.0 Å². The highest BCUT2D eigenvalue weighted by Crippen LogP contribution is 2.39. The lowest BCUT2D eigenvalue weighted by molar-refractivity contribution is 0.415. The second-order valence-electron chi connectivity index (χ2n) is 5.99. The predicted octanol–water partition coefficient (Wildman–Crippen LogP) is 5.99. The molecule has 4 aromatic rings. The minimum Gasteiger partial charge on any atom is -0.508 e. The molecule has 0 radical (unpaired) electrons. The topological polar surface area (TPSA) is 42.6 Å². The van der Waals surface area contributed by atoms with Crippen LogP contribution in [0.5, 0.6) is 11.5 Å². The van der Waals surface area contributed by atoms with Crippen LogP contribution in [0.4, 0.5) is 0 Å². The Bertz CT molecular complexity index is 998. The SMILES string of the molecule is COc1ccc(-c2cc(-c3ccccc3)c(-c3ccc(O)cc3)o2)cc1. The van der Waals surface area contributed by atoms with Crippen molar-refractivity contribution in [2.75, 3.05) is 7.11 Å². The number of phenols is 1.